The molecule has 0 saturated carbocycles. The van der Waals surface area contributed by atoms with Crippen LogP contribution >= 0.6 is 0 Å². The van der Waals surface area contributed by atoms with Gasteiger partial charge in [0.1, 0.15) is 6.10 Å². The second-order valence-corrected chi connectivity index (χ2v) is 6.35. The second-order valence-electron chi connectivity index (χ2n) is 6.35. The highest BCUT2D eigenvalue weighted by Gasteiger charge is 2.27. The van der Waals surface area contributed by atoms with Crippen molar-refractivity contribution in [3.8, 4) is 17.2 Å². The van der Waals surface area contributed by atoms with Crippen LogP contribution in [0.3, 0.4) is 0 Å². The highest BCUT2D eigenvalue weighted by atomic mass is 19.1. The minimum atomic E-state index is -1.23. The van der Waals surface area contributed by atoms with Crippen molar-refractivity contribution in [2.75, 3.05) is 18.7 Å². The highest BCUT2D eigenvalue weighted by Crippen LogP contribution is 2.34. The molecule has 0 radical (unpaired) electrons. The Balaban J connectivity index is 1.84. The number of carbonyl (C=O) groups excluding carboxylic acids is 1. The van der Waals surface area contributed by atoms with Gasteiger partial charge in [-0.2, -0.15) is 0 Å². The number of benzene rings is 2. The van der Waals surface area contributed by atoms with Crippen molar-refractivity contribution in [1.82, 2.24) is 0 Å². The van der Waals surface area contributed by atoms with E-state index in [9.17, 15) is 19.1 Å². The first-order valence-electron chi connectivity index (χ1n) is 9.25. The highest BCUT2D eigenvalue weighted by molar-refractivity contribution is 5.85. The van der Waals surface area contributed by atoms with Crippen LogP contribution in [0.4, 0.5) is 14.9 Å². The lowest BCUT2D eigenvalue weighted by Crippen LogP contribution is -2.28. The number of aliphatic carboxylic acids is 1. The van der Waals surface area contributed by atoms with Crippen molar-refractivity contribution in [3.63, 3.8) is 0 Å². The second kappa shape index (κ2) is 9.81. The summed E-state index contributed by atoms with van der Waals surface area (Å²) in [5.41, 5.74) is 0.517. The van der Waals surface area contributed by atoms with Crippen molar-refractivity contribution in [2.45, 2.75) is 19.1 Å². The first kappa shape index (κ1) is 21.9. The molecule has 0 spiro atoms. The van der Waals surface area contributed by atoms with Crippen LogP contribution in [-0.2, 0) is 14.3 Å². The van der Waals surface area contributed by atoms with Gasteiger partial charge in [0.15, 0.2) is 29.2 Å². The molecule has 3 rings (SSSR count). The van der Waals surface area contributed by atoms with Crippen molar-refractivity contribution in [1.29, 1.82) is 0 Å². The molecule has 1 amide bonds. The lowest BCUT2D eigenvalue weighted by atomic mass is 10.0. The van der Waals surface area contributed by atoms with Crippen LogP contribution in [0.5, 0.6) is 17.2 Å². The van der Waals surface area contributed by atoms with Gasteiger partial charge in [-0.3, -0.25) is 5.32 Å². The van der Waals surface area contributed by atoms with Gasteiger partial charge in [-0.1, -0.05) is 6.07 Å². The van der Waals surface area contributed by atoms with Gasteiger partial charge in [0.2, 0.25) is 6.79 Å². The molecule has 164 valence electrons. The molecule has 1 aliphatic heterocycles. The summed E-state index contributed by atoms with van der Waals surface area (Å²) in [5.74, 6) is -1.76. The lowest BCUT2D eigenvalue weighted by molar-refractivity contribution is -0.131. The average Bonchev–Trinajstić information content (AvgIpc) is 3.19. The van der Waals surface area contributed by atoms with Crippen LogP contribution in [0.25, 0.3) is 0 Å². The van der Waals surface area contributed by atoms with Crippen molar-refractivity contribution < 1.29 is 43.1 Å². The zero-order chi connectivity index (χ0) is 22.4. The molecule has 9 nitrogen and oxygen atoms in total. The van der Waals surface area contributed by atoms with Crippen LogP contribution in [-0.4, -0.2) is 41.8 Å². The molecule has 0 fully saturated rings. The van der Waals surface area contributed by atoms with Gasteiger partial charge >= 0.3 is 12.1 Å². The van der Waals surface area contributed by atoms with Gasteiger partial charge in [-0.15, -0.1) is 0 Å². The fraction of sp³-hybridized carbons (Fsp3) is 0.238. The Labute approximate surface area is 176 Å². The number of hydrogen-bond donors (Lipinski definition) is 3. The number of carboxylic acid groups (broad SMARTS) is 1. The summed E-state index contributed by atoms with van der Waals surface area (Å²) < 4.78 is 35.4. The summed E-state index contributed by atoms with van der Waals surface area (Å²) in [6.07, 6.45) is -1.11. The molecule has 0 bridgehead atoms. The summed E-state index contributed by atoms with van der Waals surface area (Å²) in [6, 6.07) is 8.16. The number of aromatic hydroxyl groups is 1. The predicted molar refractivity (Wildman–Crippen MR) is 106 cm³/mol. The molecule has 1 heterocycles. The predicted octanol–water partition coefficient (Wildman–Crippen LogP) is 3.60. The van der Waals surface area contributed by atoms with E-state index in [4.69, 9.17) is 24.1 Å². The number of rotatable bonds is 8. The first-order valence-corrected chi connectivity index (χ1v) is 9.25. The van der Waals surface area contributed by atoms with E-state index in [1.165, 1.54) is 12.1 Å². The Morgan fingerprint density at radius 2 is 2.00 bits per heavy atom. The van der Waals surface area contributed by atoms with E-state index in [-0.39, 0.29) is 19.0 Å². The van der Waals surface area contributed by atoms with Crippen molar-refractivity contribution >= 4 is 17.7 Å². The summed E-state index contributed by atoms with van der Waals surface area (Å²) >= 11 is 0. The van der Waals surface area contributed by atoms with E-state index in [1.54, 1.807) is 25.1 Å². The fourth-order valence-corrected chi connectivity index (χ4v) is 2.88. The van der Waals surface area contributed by atoms with Crippen LogP contribution < -0.4 is 14.8 Å². The first-order chi connectivity index (χ1) is 14.9. The SMILES string of the molecule is CCO[C@H](/C=C/C(=O)O)[C@H](OC(=O)Nc1ccc2c(c1)OCO2)c1ccc(O)c(F)c1. The average molecular weight is 433 g/mol. The Morgan fingerprint density at radius 1 is 1.23 bits per heavy atom. The third-order valence-electron chi connectivity index (χ3n) is 4.24. The van der Waals surface area contributed by atoms with Crippen LogP contribution in [0.1, 0.15) is 18.6 Å². The van der Waals surface area contributed by atoms with Crippen LogP contribution in [0, 0.1) is 5.82 Å². The van der Waals surface area contributed by atoms with Crippen LogP contribution in [0.2, 0.25) is 0 Å². The minimum Gasteiger partial charge on any atom is -0.505 e. The summed E-state index contributed by atoms with van der Waals surface area (Å²) in [6.45, 7) is 1.91. The zero-order valence-corrected chi connectivity index (χ0v) is 16.4. The molecule has 2 aromatic rings. The van der Waals surface area contributed by atoms with Crippen LogP contribution in [0.15, 0.2) is 48.6 Å². The Morgan fingerprint density at radius 3 is 2.71 bits per heavy atom. The number of ether oxygens (including phenoxy) is 4. The monoisotopic (exact) mass is 433 g/mol. The molecule has 0 aromatic heterocycles. The molecule has 2 aromatic carbocycles. The largest absolute Gasteiger partial charge is 0.505 e. The third kappa shape index (κ3) is 5.64. The summed E-state index contributed by atoms with van der Waals surface area (Å²) in [5, 5.41) is 20.9. The summed E-state index contributed by atoms with van der Waals surface area (Å²) in [7, 11) is 0. The molecule has 31 heavy (non-hydrogen) atoms. The van der Waals surface area contributed by atoms with E-state index in [2.05, 4.69) is 5.32 Å². The number of fused-ring (bicyclic) bond motifs is 1. The number of hydrogen-bond acceptors (Lipinski definition) is 7. The molecular formula is C21H20FNO8. The number of carboxylic acids is 1. The van der Waals surface area contributed by atoms with Gasteiger partial charge in [0.25, 0.3) is 0 Å². The zero-order valence-electron chi connectivity index (χ0n) is 16.4. The molecule has 2 atom stereocenters. The van der Waals surface area contributed by atoms with Gasteiger partial charge in [0, 0.05) is 24.4 Å². The van der Waals surface area contributed by atoms with E-state index in [0.717, 1.165) is 18.2 Å². The lowest BCUT2D eigenvalue weighted by Gasteiger charge is -2.25. The number of nitrogens with one attached hydrogen (secondary N) is 1. The Kier molecular flexibility index (Phi) is 6.93. The molecule has 0 saturated heterocycles. The Hall–Kier alpha value is -3.79. The fourth-order valence-electron chi connectivity index (χ4n) is 2.88. The number of phenolic OH excluding ortho intramolecular Hbond substituents is 1. The number of halogens is 1. The molecule has 0 unspecified atom stereocenters. The van der Waals surface area contributed by atoms with Gasteiger partial charge in [-0.25, -0.2) is 14.0 Å². The van der Waals surface area contributed by atoms with Gasteiger partial charge < -0.3 is 29.2 Å². The third-order valence-corrected chi connectivity index (χ3v) is 4.24. The maximum atomic E-state index is 13.9. The molecule has 3 N–H and O–H groups in total. The normalized spacial score (nSPS) is 14.3. The van der Waals surface area contributed by atoms with Gasteiger partial charge in [-0.05, 0) is 42.8 Å². The number of carbonyl (C=O) groups is 2. The Bertz CT molecular complexity index is 993. The maximum Gasteiger partial charge on any atom is 0.412 e. The number of anilines is 1. The number of amides is 1. The van der Waals surface area contributed by atoms with E-state index >= 15 is 0 Å². The van der Waals surface area contributed by atoms with E-state index < -0.39 is 35.8 Å². The van der Waals surface area contributed by atoms with E-state index in [1.807, 2.05) is 0 Å². The van der Waals surface area contributed by atoms with Crippen molar-refractivity contribution in [2.24, 2.45) is 0 Å². The van der Waals surface area contributed by atoms with E-state index in [0.29, 0.717) is 17.2 Å². The summed E-state index contributed by atoms with van der Waals surface area (Å²) in [4.78, 5) is 23.5. The topological polar surface area (TPSA) is 124 Å². The van der Waals surface area contributed by atoms with Gasteiger partial charge in [0.05, 0.1) is 0 Å². The minimum absolute atomic E-state index is 0.0731. The van der Waals surface area contributed by atoms with Crippen molar-refractivity contribution in [3.05, 3.63) is 59.9 Å². The maximum absolute atomic E-state index is 13.9. The smallest absolute Gasteiger partial charge is 0.412 e. The standard InChI is InChI=1S/C21H20FNO8/c1-2-28-17(7-8-19(25)26)20(12-3-5-15(24)14(22)9-12)31-21(27)23-13-4-6-16-18(10-13)30-11-29-16/h3-10,17,20,24H,2,11H2,1H3,(H,23,27)(H,25,26)/b8-7+/t17-,20-/m1/s1. The quantitative estimate of drug-likeness (QED) is 0.540. The molecular weight excluding hydrogens is 413 g/mol. The number of phenols is 1. The molecule has 1 aliphatic rings. The molecule has 0 aliphatic carbocycles. The molecule has 10 heteroatoms.